The van der Waals surface area contributed by atoms with Crippen molar-refractivity contribution < 1.29 is 14.3 Å². The molecule has 2 heterocycles. The first-order chi connectivity index (χ1) is 8.70. The SMILES string of the molecule is COC(=O)Cc1c(C)[nH]c2ccc3c(c12)CCO3. The summed E-state index contributed by atoms with van der Waals surface area (Å²) >= 11 is 0. The second kappa shape index (κ2) is 4.05. The Hall–Kier alpha value is -1.97. The van der Waals surface area contributed by atoms with Gasteiger partial charge in [0.1, 0.15) is 5.75 Å². The Bertz CT molecular complexity index is 627. The summed E-state index contributed by atoms with van der Waals surface area (Å²) in [7, 11) is 1.42. The van der Waals surface area contributed by atoms with E-state index < -0.39 is 0 Å². The first-order valence-electron chi connectivity index (χ1n) is 6.03. The van der Waals surface area contributed by atoms with Gasteiger partial charge >= 0.3 is 5.97 Å². The molecule has 1 aromatic carbocycles. The second-order valence-electron chi connectivity index (χ2n) is 4.54. The fraction of sp³-hybridized carbons (Fsp3) is 0.357. The molecule has 3 rings (SSSR count). The molecular formula is C14H15NO3. The number of methoxy groups -OCH3 is 1. The first-order valence-corrected chi connectivity index (χ1v) is 6.03. The maximum Gasteiger partial charge on any atom is 0.310 e. The molecule has 94 valence electrons. The summed E-state index contributed by atoms with van der Waals surface area (Å²) < 4.78 is 10.3. The molecule has 0 saturated heterocycles. The molecule has 0 bridgehead atoms. The number of benzene rings is 1. The van der Waals surface area contributed by atoms with E-state index >= 15 is 0 Å². The number of aromatic amines is 1. The van der Waals surface area contributed by atoms with Crippen molar-refractivity contribution in [2.75, 3.05) is 13.7 Å². The van der Waals surface area contributed by atoms with Crippen LogP contribution in [0.5, 0.6) is 5.75 Å². The quantitative estimate of drug-likeness (QED) is 0.824. The molecule has 1 N–H and O–H groups in total. The van der Waals surface area contributed by atoms with Gasteiger partial charge in [-0.05, 0) is 24.6 Å². The number of carbonyl (C=O) groups excluding carboxylic acids is 1. The zero-order valence-electron chi connectivity index (χ0n) is 10.5. The number of ether oxygens (including phenoxy) is 2. The van der Waals surface area contributed by atoms with Crippen LogP contribution < -0.4 is 4.74 Å². The van der Waals surface area contributed by atoms with Gasteiger partial charge in [0.25, 0.3) is 0 Å². The van der Waals surface area contributed by atoms with Crippen LogP contribution in [0.25, 0.3) is 10.9 Å². The van der Waals surface area contributed by atoms with Crippen LogP contribution in [0.15, 0.2) is 12.1 Å². The van der Waals surface area contributed by atoms with Gasteiger partial charge in [-0.3, -0.25) is 4.79 Å². The molecule has 1 aromatic heterocycles. The molecule has 0 spiro atoms. The summed E-state index contributed by atoms with van der Waals surface area (Å²) in [5.41, 5.74) is 4.32. The van der Waals surface area contributed by atoms with Crippen LogP contribution in [0.3, 0.4) is 0 Å². The Morgan fingerprint density at radius 1 is 1.50 bits per heavy atom. The van der Waals surface area contributed by atoms with Crippen LogP contribution in [0.2, 0.25) is 0 Å². The Kier molecular flexibility index (Phi) is 2.51. The van der Waals surface area contributed by atoms with Crippen molar-refractivity contribution in [3.63, 3.8) is 0 Å². The predicted molar refractivity (Wildman–Crippen MR) is 68.0 cm³/mol. The van der Waals surface area contributed by atoms with E-state index in [0.717, 1.165) is 40.9 Å². The zero-order valence-corrected chi connectivity index (χ0v) is 10.5. The number of H-pyrrole nitrogens is 1. The van der Waals surface area contributed by atoms with Crippen molar-refractivity contribution in [3.05, 3.63) is 29.0 Å². The van der Waals surface area contributed by atoms with Gasteiger partial charge in [-0.2, -0.15) is 0 Å². The van der Waals surface area contributed by atoms with Crippen molar-refractivity contribution in [2.45, 2.75) is 19.8 Å². The summed E-state index contributed by atoms with van der Waals surface area (Å²) in [4.78, 5) is 14.8. The zero-order chi connectivity index (χ0) is 12.7. The highest BCUT2D eigenvalue weighted by Crippen LogP contribution is 2.35. The van der Waals surface area contributed by atoms with E-state index in [1.165, 1.54) is 12.7 Å². The third kappa shape index (κ3) is 1.56. The number of carbonyl (C=O) groups is 1. The molecule has 2 aromatic rings. The van der Waals surface area contributed by atoms with Crippen molar-refractivity contribution >= 4 is 16.9 Å². The lowest BCUT2D eigenvalue weighted by Gasteiger charge is -2.04. The molecule has 4 heteroatoms. The highest BCUT2D eigenvalue weighted by Gasteiger charge is 2.21. The summed E-state index contributed by atoms with van der Waals surface area (Å²) in [6, 6.07) is 4.00. The molecule has 0 aliphatic carbocycles. The third-order valence-corrected chi connectivity index (χ3v) is 3.50. The Balaban J connectivity index is 2.20. The van der Waals surface area contributed by atoms with Gasteiger partial charge in [-0.1, -0.05) is 0 Å². The number of esters is 1. The summed E-state index contributed by atoms with van der Waals surface area (Å²) in [5, 5.41) is 1.13. The number of nitrogens with one attached hydrogen (secondary N) is 1. The van der Waals surface area contributed by atoms with Crippen molar-refractivity contribution in [1.29, 1.82) is 0 Å². The first kappa shape index (κ1) is 11.1. The maximum atomic E-state index is 11.5. The number of fused-ring (bicyclic) bond motifs is 3. The largest absolute Gasteiger partial charge is 0.493 e. The lowest BCUT2D eigenvalue weighted by Crippen LogP contribution is -2.05. The fourth-order valence-corrected chi connectivity index (χ4v) is 2.63. The lowest BCUT2D eigenvalue weighted by molar-refractivity contribution is -0.139. The Labute approximate surface area is 105 Å². The predicted octanol–water partition coefficient (Wildman–Crippen LogP) is 2.13. The number of hydrogen-bond donors (Lipinski definition) is 1. The minimum atomic E-state index is -0.212. The van der Waals surface area contributed by atoms with Gasteiger partial charge in [0.15, 0.2) is 0 Å². The second-order valence-corrected chi connectivity index (χ2v) is 4.54. The fourth-order valence-electron chi connectivity index (χ4n) is 2.63. The standard InChI is InChI=1S/C14H15NO3/c1-8-10(7-13(16)17-2)14-9-5-6-18-12(9)4-3-11(14)15-8/h3-4,15H,5-7H2,1-2H3. The number of aromatic nitrogens is 1. The van der Waals surface area contributed by atoms with Crippen LogP contribution >= 0.6 is 0 Å². The minimum Gasteiger partial charge on any atom is -0.493 e. The van der Waals surface area contributed by atoms with Crippen molar-refractivity contribution in [1.82, 2.24) is 4.98 Å². The topological polar surface area (TPSA) is 51.3 Å². The Morgan fingerprint density at radius 3 is 3.11 bits per heavy atom. The van der Waals surface area contributed by atoms with E-state index in [9.17, 15) is 4.79 Å². The highest BCUT2D eigenvalue weighted by atomic mass is 16.5. The summed E-state index contributed by atoms with van der Waals surface area (Å²) in [6.07, 6.45) is 1.21. The molecule has 0 saturated carbocycles. The van der Waals surface area contributed by atoms with Crippen LogP contribution in [-0.2, 0) is 22.4 Å². The summed E-state index contributed by atoms with van der Waals surface area (Å²) in [6.45, 7) is 2.71. The van der Waals surface area contributed by atoms with Crippen LogP contribution in [-0.4, -0.2) is 24.7 Å². The van der Waals surface area contributed by atoms with Crippen LogP contribution in [0.4, 0.5) is 0 Å². The molecule has 0 amide bonds. The molecule has 18 heavy (non-hydrogen) atoms. The molecule has 0 atom stereocenters. The lowest BCUT2D eigenvalue weighted by atomic mass is 10.0. The molecule has 0 radical (unpaired) electrons. The van der Waals surface area contributed by atoms with E-state index in [1.54, 1.807) is 0 Å². The van der Waals surface area contributed by atoms with Gasteiger partial charge < -0.3 is 14.5 Å². The van der Waals surface area contributed by atoms with Gasteiger partial charge in [-0.15, -0.1) is 0 Å². The third-order valence-electron chi connectivity index (χ3n) is 3.50. The van der Waals surface area contributed by atoms with E-state index in [1.807, 2.05) is 19.1 Å². The molecular weight excluding hydrogens is 230 g/mol. The highest BCUT2D eigenvalue weighted by molar-refractivity contribution is 5.93. The molecule has 4 nitrogen and oxygen atoms in total. The minimum absolute atomic E-state index is 0.212. The molecule has 1 aliphatic heterocycles. The average Bonchev–Trinajstić information content (AvgIpc) is 2.94. The monoisotopic (exact) mass is 245 g/mol. The van der Waals surface area contributed by atoms with E-state index in [-0.39, 0.29) is 5.97 Å². The average molecular weight is 245 g/mol. The smallest absolute Gasteiger partial charge is 0.310 e. The van der Waals surface area contributed by atoms with Crippen molar-refractivity contribution in [3.8, 4) is 5.75 Å². The summed E-state index contributed by atoms with van der Waals surface area (Å²) in [5.74, 6) is 0.725. The van der Waals surface area contributed by atoms with Crippen LogP contribution in [0.1, 0.15) is 16.8 Å². The Morgan fingerprint density at radius 2 is 2.33 bits per heavy atom. The van der Waals surface area contributed by atoms with Crippen molar-refractivity contribution in [2.24, 2.45) is 0 Å². The van der Waals surface area contributed by atoms with E-state index in [2.05, 4.69) is 4.98 Å². The number of rotatable bonds is 2. The van der Waals surface area contributed by atoms with Gasteiger partial charge in [0, 0.05) is 28.6 Å². The van der Waals surface area contributed by atoms with Gasteiger partial charge in [-0.25, -0.2) is 0 Å². The molecule has 0 fully saturated rings. The number of hydrogen-bond acceptors (Lipinski definition) is 3. The van der Waals surface area contributed by atoms with Gasteiger partial charge in [0.05, 0.1) is 20.1 Å². The van der Waals surface area contributed by atoms with E-state index in [0.29, 0.717) is 6.42 Å². The molecule has 1 aliphatic rings. The van der Waals surface area contributed by atoms with E-state index in [4.69, 9.17) is 9.47 Å². The maximum absolute atomic E-state index is 11.5. The number of aryl methyl sites for hydroxylation is 1. The molecule has 0 unspecified atom stereocenters. The van der Waals surface area contributed by atoms with Gasteiger partial charge in [0.2, 0.25) is 0 Å². The normalized spacial score (nSPS) is 13.4. The van der Waals surface area contributed by atoms with Crippen LogP contribution in [0, 0.1) is 6.92 Å².